The molecule has 0 saturated carbocycles. The SMILES string of the molecule is CCC(CC)Nc1nc(N)ncc1CI. The van der Waals surface area contributed by atoms with Gasteiger partial charge in [-0.1, -0.05) is 36.4 Å². The van der Waals surface area contributed by atoms with Crippen molar-refractivity contribution in [3.63, 3.8) is 0 Å². The van der Waals surface area contributed by atoms with E-state index < -0.39 is 0 Å². The molecule has 0 aromatic carbocycles. The van der Waals surface area contributed by atoms with Gasteiger partial charge in [0.1, 0.15) is 5.82 Å². The molecule has 3 N–H and O–H groups in total. The normalized spacial score (nSPS) is 10.7. The highest BCUT2D eigenvalue weighted by Gasteiger charge is 2.09. The van der Waals surface area contributed by atoms with E-state index in [0.29, 0.717) is 12.0 Å². The zero-order valence-electron chi connectivity index (χ0n) is 9.13. The number of rotatable bonds is 5. The lowest BCUT2D eigenvalue weighted by molar-refractivity contribution is 0.667. The molecule has 0 spiro atoms. The van der Waals surface area contributed by atoms with Crippen LogP contribution in [-0.2, 0) is 4.43 Å². The molecule has 1 rings (SSSR count). The number of nitrogen functional groups attached to an aromatic ring is 1. The fourth-order valence-electron chi connectivity index (χ4n) is 1.33. The second-order valence-corrected chi connectivity index (χ2v) is 4.16. The summed E-state index contributed by atoms with van der Waals surface area (Å²) in [7, 11) is 0. The van der Waals surface area contributed by atoms with Crippen molar-refractivity contribution >= 4 is 34.4 Å². The number of alkyl halides is 1. The molecule has 1 heterocycles. The quantitative estimate of drug-likeness (QED) is 0.647. The number of nitrogens with one attached hydrogen (secondary N) is 1. The zero-order chi connectivity index (χ0) is 11.3. The fraction of sp³-hybridized carbons (Fsp3) is 0.600. The molecule has 0 atom stereocenters. The van der Waals surface area contributed by atoms with E-state index in [4.69, 9.17) is 5.73 Å². The van der Waals surface area contributed by atoms with E-state index in [9.17, 15) is 0 Å². The predicted molar refractivity (Wildman–Crippen MR) is 72.2 cm³/mol. The maximum Gasteiger partial charge on any atom is 0.221 e. The van der Waals surface area contributed by atoms with Crippen LogP contribution in [0.4, 0.5) is 11.8 Å². The molecule has 0 aliphatic carbocycles. The molecule has 0 aliphatic heterocycles. The Morgan fingerprint density at radius 3 is 2.67 bits per heavy atom. The molecule has 5 heteroatoms. The molecule has 0 unspecified atom stereocenters. The average Bonchev–Trinajstić information content (AvgIpc) is 2.26. The Bertz CT molecular complexity index is 312. The van der Waals surface area contributed by atoms with Crippen molar-refractivity contribution in [2.45, 2.75) is 37.2 Å². The van der Waals surface area contributed by atoms with E-state index in [1.165, 1.54) is 0 Å². The number of hydrogen-bond acceptors (Lipinski definition) is 4. The lowest BCUT2D eigenvalue weighted by atomic mass is 10.1. The van der Waals surface area contributed by atoms with Crippen LogP contribution < -0.4 is 11.1 Å². The van der Waals surface area contributed by atoms with Gasteiger partial charge in [0.25, 0.3) is 0 Å². The Kier molecular flexibility index (Phi) is 5.07. The maximum absolute atomic E-state index is 5.58. The predicted octanol–water partition coefficient (Wildman–Crippen LogP) is 2.59. The zero-order valence-corrected chi connectivity index (χ0v) is 11.3. The molecule has 15 heavy (non-hydrogen) atoms. The minimum atomic E-state index is 0.331. The van der Waals surface area contributed by atoms with Gasteiger partial charge in [-0.3, -0.25) is 0 Å². The van der Waals surface area contributed by atoms with Crippen LogP contribution in [0.3, 0.4) is 0 Å². The summed E-state index contributed by atoms with van der Waals surface area (Å²) >= 11 is 2.30. The summed E-state index contributed by atoms with van der Waals surface area (Å²) in [5.41, 5.74) is 6.68. The van der Waals surface area contributed by atoms with E-state index >= 15 is 0 Å². The van der Waals surface area contributed by atoms with Crippen molar-refractivity contribution < 1.29 is 0 Å². The van der Waals surface area contributed by atoms with Crippen molar-refractivity contribution in [1.82, 2.24) is 9.97 Å². The molecule has 84 valence electrons. The van der Waals surface area contributed by atoms with Gasteiger partial charge in [-0.2, -0.15) is 4.98 Å². The molecule has 0 amide bonds. The van der Waals surface area contributed by atoms with Crippen molar-refractivity contribution in [2.24, 2.45) is 0 Å². The number of hydrogen-bond donors (Lipinski definition) is 2. The second-order valence-electron chi connectivity index (χ2n) is 3.39. The summed E-state index contributed by atoms with van der Waals surface area (Å²) in [4.78, 5) is 8.22. The van der Waals surface area contributed by atoms with E-state index in [1.807, 2.05) is 0 Å². The molecule has 0 aliphatic rings. The van der Waals surface area contributed by atoms with Crippen LogP contribution in [0, 0.1) is 0 Å². The van der Waals surface area contributed by atoms with Crippen molar-refractivity contribution in [3.8, 4) is 0 Å². The first-order chi connectivity index (χ1) is 7.21. The van der Waals surface area contributed by atoms with E-state index in [2.05, 4.69) is 51.7 Å². The number of nitrogens with zero attached hydrogens (tertiary/aromatic N) is 2. The molecular formula is C10H17IN4. The smallest absolute Gasteiger partial charge is 0.221 e. The lowest BCUT2D eigenvalue weighted by Gasteiger charge is -2.17. The van der Waals surface area contributed by atoms with Gasteiger partial charge in [-0.15, -0.1) is 0 Å². The molecule has 0 bridgehead atoms. The number of anilines is 2. The minimum absolute atomic E-state index is 0.331. The van der Waals surface area contributed by atoms with E-state index in [1.54, 1.807) is 6.20 Å². The summed E-state index contributed by atoms with van der Waals surface area (Å²) in [6.45, 7) is 4.32. The van der Waals surface area contributed by atoms with Gasteiger partial charge < -0.3 is 11.1 Å². The molecule has 1 aromatic rings. The topological polar surface area (TPSA) is 63.8 Å². The summed E-state index contributed by atoms with van der Waals surface area (Å²) < 4.78 is 0.889. The average molecular weight is 320 g/mol. The van der Waals surface area contributed by atoms with Crippen molar-refractivity contribution in [1.29, 1.82) is 0 Å². The Hall–Kier alpha value is -0.590. The number of nitrogens with two attached hydrogens (primary N) is 1. The van der Waals surface area contributed by atoms with Crippen LogP contribution >= 0.6 is 22.6 Å². The lowest BCUT2D eigenvalue weighted by Crippen LogP contribution is -2.19. The van der Waals surface area contributed by atoms with Crippen LogP contribution in [-0.4, -0.2) is 16.0 Å². The second kappa shape index (κ2) is 6.09. The van der Waals surface area contributed by atoms with Crippen molar-refractivity contribution in [3.05, 3.63) is 11.8 Å². The monoisotopic (exact) mass is 320 g/mol. The third-order valence-corrected chi connectivity index (χ3v) is 3.18. The summed E-state index contributed by atoms with van der Waals surface area (Å²) in [5, 5.41) is 3.40. The van der Waals surface area contributed by atoms with Gasteiger partial charge >= 0.3 is 0 Å². The Morgan fingerprint density at radius 2 is 2.13 bits per heavy atom. The molecule has 0 saturated heterocycles. The summed E-state index contributed by atoms with van der Waals surface area (Å²) in [5.74, 6) is 1.21. The standard InChI is InChI=1S/C10H17IN4/c1-3-8(4-2)14-9-7(5-11)6-13-10(12)15-9/h6,8H,3-5H2,1-2H3,(H3,12,13,14,15). The fourth-order valence-corrected chi connectivity index (χ4v) is 1.89. The molecule has 4 nitrogen and oxygen atoms in total. The third-order valence-electron chi connectivity index (χ3n) is 2.35. The first kappa shape index (κ1) is 12.5. The Morgan fingerprint density at radius 1 is 1.47 bits per heavy atom. The van der Waals surface area contributed by atoms with Crippen LogP contribution in [0.2, 0.25) is 0 Å². The molecule has 1 aromatic heterocycles. The third kappa shape index (κ3) is 3.48. The molecular weight excluding hydrogens is 303 g/mol. The number of aromatic nitrogens is 2. The van der Waals surface area contributed by atoms with Gasteiger partial charge in [0.2, 0.25) is 5.95 Å². The van der Waals surface area contributed by atoms with Gasteiger partial charge in [-0.25, -0.2) is 4.98 Å². The largest absolute Gasteiger partial charge is 0.368 e. The maximum atomic E-state index is 5.58. The van der Waals surface area contributed by atoms with Crippen LogP contribution in [0.5, 0.6) is 0 Å². The van der Waals surface area contributed by atoms with Crippen LogP contribution in [0.15, 0.2) is 6.20 Å². The summed E-state index contributed by atoms with van der Waals surface area (Å²) in [6, 6.07) is 0.459. The van der Waals surface area contributed by atoms with Crippen molar-refractivity contribution in [2.75, 3.05) is 11.1 Å². The van der Waals surface area contributed by atoms with E-state index in [0.717, 1.165) is 28.7 Å². The Labute approximate surface area is 104 Å². The van der Waals surface area contributed by atoms with E-state index in [-0.39, 0.29) is 0 Å². The highest BCUT2D eigenvalue weighted by Crippen LogP contribution is 2.18. The van der Waals surface area contributed by atoms with Crippen LogP contribution in [0.1, 0.15) is 32.3 Å². The highest BCUT2D eigenvalue weighted by molar-refractivity contribution is 14.1. The molecule has 0 fully saturated rings. The number of halogens is 1. The van der Waals surface area contributed by atoms with Gasteiger partial charge in [0, 0.05) is 22.2 Å². The van der Waals surface area contributed by atoms with Gasteiger partial charge in [0.05, 0.1) is 0 Å². The van der Waals surface area contributed by atoms with Crippen LogP contribution in [0.25, 0.3) is 0 Å². The Balaban J connectivity index is 2.86. The first-order valence-corrected chi connectivity index (χ1v) is 6.67. The first-order valence-electron chi connectivity index (χ1n) is 5.15. The molecule has 0 radical (unpaired) electrons. The highest BCUT2D eigenvalue weighted by atomic mass is 127. The minimum Gasteiger partial charge on any atom is -0.368 e. The van der Waals surface area contributed by atoms with Gasteiger partial charge in [0.15, 0.2) is 0 Å². The summed E-state index contributed by atoms with van der Waals surface area (Å²) in [6.07, 6.45) is 3.96. The van der Waals surface area contributed by atoms with Gasteiger partial charge in [-0.05, 0) is 12.8 Å².